The molecule has 1 aromatic heterocycles. The van der Waals surface area contributed by atoms with E-state index in [0.29, 0.717) is 18.5 Å². The SMILES string of the molecule is C=CC(Cc1ccc(O)cc1)(NC(=O)c1ccc(-c2cccs2)cc1)C(=O)N1CC[C@H]2OCC(=O)[C@H]21. The van der Waals surface area contributed by atoms with Crippen LogP contribution in [0.3, 0.4) is 0 Å². The Bertz CT molecular complexity index is 1290. The third kappa shape index (κ3) is 4.45. The number of carbonyl (C=O) groups is 3. The van der Waals surface area contributed by atoms with Gasteiger partial charge in [-0.3, -0.25) is 14.4 Å². The first-order chi connectivity index (χ1) is 17.4. The average molecular weight is 503 g/mol. The predicted octanol–water partition coefficient (Wildman–Crippen LogP) is 3.59. The Morgan fingerprint density at radius 2 is 1.92 bits per heavy atom. The molecule has 2 N–H and O–H groups in total. The standard InChI is InChI=1S/C28H26N2O5S/c1-2-28(16-18-5-11-21(31)12-6-18,27(34)30-14-13-23-25(30)22(32)17-35-23)29-26(33)20-9-7-19(8-10-20)24-4-3-15-36-24/h2-12,15,23,25,31H,1,13-14,16-17H2,(H,29,33)/t23-,25-,28?/m1/s1. The van der Waals surface area contributed by atoms with Crippen LogP contribution in [0, 0.1) is 0 Å². The quantitative estimate of drug-likeness (QED) is 0.482. The number of phenolic OH excluding ortho intramolecular Hbond substituents is 1. The summed E-state index contributed by atoms with van der Waals surface area (Å²) >= 11 is 1.61. The number of hydrogen-bond donors (Lipinski definition) is 2. The van der Waals surface area contributed by atoms with Gasteiger partial charge in [-0.2, -0.15) is 0 Å². The van der Waals surface area contributed by atoms with Crippen LogP contribution >= 0.6 is 11.3 Å². The predicted molar refractivity (Wildman–Crippen MR) is 137 cm³/mol. The number of nitrogens with one attached hydrogen (secondary N) is 1. The van der Waals surface area contributed by atoms with Crippen LogP contribution in [-0.4, -0.2) is 58.4 Å². The molecule has 0 bridgehead atoms. The third-order valence-electron chi connectivity index (χ3n) is 6.81. The van der Waals surface area contributed by atoms with E-state index < -0.39 is 23.4 Å². The fourth-order valence-electron chi connectivity index (χ4n) is 4.90. The van der Waals surface area contributed by atoms with Crippen LogP contribution in [-0.2, 0) is 20.7 Å². The maximum atomic E-state index is 14.0. The molecule has 2 aromatic carbocycles. The molecule has 184 valence electrons. The monoisotopic (exact) mass is 502 g/mol. The fourth-order valence-corrected chi connectivity index (χ4v) is 5.63. The average Bonchev–Trinajstić information content (AvgIpc) is 3.65. The zero-order valence-electron chi connectivity index (χ0n) is 19.6. The van der Waals surface area contributed by atoms with Crippen molar-refractivity contribution in [2.24, 2.45) is 0 Å². The van der Waals surface area contributed by atoms with Gasteiger partial charge < -0.3 is 20.1 Å². The van der Waals surface area contributed by atoms with Gasteiger partial charge in [0.05, 0.1) is 6.10 Å². The molecule has 1 unspecified atom stereocenters. The summed E-state index contributed by atoms with van der Waals surface area (Å²) in [6.07, 6.45) is 1.79. The minimum absolute atomic E-state index is 0.0128. The van der Waals surface area contributed by atoms with Gasteiger partial charge in [0.15, 0.2) is 5.78 Å². The van der Waals surface area contributed by atoms with Crippen molar-refractivity contribution in [1.82, 2.24) is 10.2 Å². The molecule has 2 aliphatic heterocycles. The van der Waals surface area contributed by atoms with Crippen molar-refractivity contribution in [3.8, 4) is 16.2 Å². The molecule has 7 nitrogen and oxygen atoms in total. The highest BCUT2D eigenvalue weighted by Gasteiger charge is 2.51. The molecule has 2 amide bonds. The number of thiophene rings is 1. The summed E-state index contributed by atoms with van der Waals surface area (Å²) in [5.41, 5.74) is 0.622. The van der Waals surface area contributed by atoms with E-state index in [2.05, 4.69) is 11.9 Å². The van der Waals surface area contributed by atoms with Gasteiger partial charge in [0, 0.05) is 23.4 Å². The Morgan fingerprint density at radius 1 is 1.17 bits per heavy atom. The first-order valence-electron chi connectivity index (χ1n) is 11.7. The molecule has 0 aliphatic carbocycles. The minimum atomic E-state index is -1.50. The molecule has 2 saturated heterocycles. The lowest BCUT2D eigenvalue weighted by Crippen LogP contribution is -2.61. The molecule has 5 rings (SSSR count). The number of benzene rings is 2. The van der Waals surface area contributed by atoms with Crippen LogP contribution in [0.5, 0.6) is 5.75 Å². The highest BCUT2D eigenvalue weighted by atomic mass is 32.1. The number of ketones is 1. The van der Waals surface area contributed by atoms with Gasteiger partial charge in [-0.25, -0.2) is 0 Å². The van der Waals surface area contributed by atoms with E-state index in [1.54, 1.807) is 35.6 Å². The minimum Gasteiger partial charge on any atom is -0.508 e. The lowest BCUT2D eigenvalue weighted by Gasteiger charge is -2.36. The fraction of sp³-hybridized carbons (Fsp3) is 0.250. The van der Waals surface area contributed by atoms with Gasteiger partial charge in [0.25, 0.3) is 11.8 Å². The van der Waals surface area contributed by atoms with E-state index >= 15 is 0 Å². The van der Waals surface area contributed by atoms with Crippen molar-refractivity contribution in [3.63, 3.8) is 0 Å². The summed E-state index contributed by atoms with van der Waals surface area (Å²) in [5, 5.41) is 14.6. The smallest absolute Gasteiger partial charge is 0.253 e. The molecule has 3 heterocycles. The Labute approximate surface area is 213 Å². The normalized spacial score (nSPS) is 20.6. The second-order valence-corrected chi connectivity index (χ2v) is 10.0. The van der Waals surface area contributed by atoms with E-state index in [-0.39, 0.29) is 30.7 Å². The number of aromatic hydroxyl groups is 1. The summed E-state index contributed by atoms with van der Waals surface area (Å²) in [5.74, 6) is -0.867. The highest BCUT2D eigenvalue weighted by Crippen LogP contribution is 2.31. The molecule has 0 spiro atoms. The van der Waals surface area contributed by atoms with Gasteiger partial charge in [-0.15, -0.1) is 17.9 Å². The van der Waals surface area contributed by atoms with Gasteiger partial charge in [0.2, 0.25) is 0 Å². The number of hydrogen-bond acceptors (Lipinski definition) is 6. The van der Waals surface area contributed by atoms with Crippen molar-refractivity contribution in [3.05, 3.63) is 89.8 Å². The Kier molecular flexibility index (Phi) is 6.47. The van der Waals surface area contributed by atoms with Crippen LogP contribution in [0.4, 0.5) is 0 Å². The highest BCUT2D eigenvalue weighted by molar-refractivity contribution is 7.13. The molecule has 8 heteroatoms. The van der Waals surface area contributed by atoms with Gasteiger partial charge >= 0.3 is 0 Å². The van der Waals surface area contributed by atoms with E-state index in [1.807, 2.05) is 29.6 Å². The van der Waals surface area contributed by atoms with Crippen molar-refractivity contribution in [2.45, 2.75) is 30.5 Å². The Hall–Kier alpha value is -3.75. The molecule has 2 fully saturated rings. The number of likely N-dealkylation sites (tertiary alicyclic amines) is 1. The molecule has 0 saturated carbocycles. The van der Waals surface area contributed by atoms with Crippen molar-refractivity contribution in [2.75, 3.05) is 13.2 Å². The number of Topliss-reactive ketones (excluding diaryl/α,β-unsaturated/α-hetero) is 1. The zero-order chi connectivity index (χ0) is 25.3. The summed E-state index contributed by atoms with van der Waals surface area (Å²) in [7, 11) is 0. The van der Waals surface area contributed by atoms with Gasteiger partial charge in [-0.05, 0) is 53.3 Å². The number of ether oxygens (including phenoxy) is 1. The molecular formula is C28H26N2O5S. The van der Waals surface area contributed by atoms with E-state index in [1.165, 1.54) is 23.1 Å². The number of carbonyl (C=O) groups excluding carboxylic acids is 3. The maximum Gasteiger partial charge on any atom is 0.253 e. The topological polar surface area (TPSA) is 95.9 Å². The second-order valence-electron chi connectivity index (χ2n) is 9.08. The number of phenols is 1. The number of fused-ring (bicyclic) bond motifs is 1. The van der Waals surface area contributed by atoms with Crippen LogP contribution in [0.15, 0.2) is 78.7 Å². The van der Waals surface area contributed by atoms with Gasteiger partial charge in [-0.1, -0.05) is 36.4 Å². The van der Waals surface area contributed by atoms with Crippen molar-refractivity contribution in [1.29, 1.82) is 0 Å². The summed E-state index contributed by atoms with van der Waals surface area (Å²) in [6.45, 7) is 4.26. The second kappa shape index (κ2) is 9.72. The van der Waals surface area contributed by atoms with Crippen molar-refractivity contribution >= 4 is 28.9 Å². The van der Waals surface area contributed by atoms with Crippen LogP contribution in [0.25, 0.3) is 10.4 Å². The first kappa shape index (κ1) is 24.0. The van der Waals surface area contributed by atoms with E-state index in [0.717, 1.165) is 16.0 Å². The Balaban J connectivity index is 1.45. The number of amides is 2. The molecular weight excluding hydrogens is 476 g/mol. The van der Waals surface area contributed by atoms with Crippen LogP contribution < -0.4 is 5.32 Å². The number of nitrogens with zero attached hydrogens (tertiary/aromatic N) is 1. The molecule has 3 atom stereocenters. The maximum absolute atomic E-state index is 14.0. The zero-order valence-corrected chi connectivity index (χ0v) is 20.4. The number of rotatable bonds is 7. The summed E-state index contributed by atoms with van der Waals surface area (Å²) in [4.78, 5) is 42.5. The van der Waals surface area contributed by atoms with Crippen molar-refractivity contribution < 1.29 is 24.2 Å². The third-order valence-corrected chi connectivity index (χ3v) is 7.73. The largest absolute Gasteiger partial charge is 0.508 e. The van der Waals surface area contributed by atoms with E-state index in [4.69, 9.17) is 4.74 Å². The lowest BCUT2D eigenvalue weighted by atomic mass is 9.88. The molecule has 36 heavy (non-hydrogen) atoms. The Morgan fingerprint density at radius 3 is 2.58 bits per heavy atom. The van der Waals surface area contributed by atoms with Crippen LogP contribution in [0.1, 0.15) is 22.3 Å². The first-order valence-corrected chi connectivity index (χ1v) is 12.6. The van der Waals surface area contributed by atoms with Crippen LogP contribution in [0.2, 0.25) is 0 Å². The molecule has 0 radical (unpaired) electrons. The summed E-state index contributed by atoms with van der Waals surface area (Å²) < 4.78 is 5.56. The van der Waals surface area contributed by atoms with Gasteiger partial charge in [0.1, 0.15) is 23.9 Å². The van der Waals surface area contributed by atoms with E-state index in [9.17, 15) is 19.5 Å². The lowest BCUT2D eigenvalue weighted by molar-refractivity contribution is -0.140. The molecule has 2 aliphatic rings. The molecule has 3 aromatic rings. The summed E-state index contributed by atoms with van der Waals surface area (Å²) in [6, 6.07) is 17.0.